The van der Waals surface area contributed by atoms with Crippen LogP contribution in [0.3, 0.4) is 0 Å². The highest BCUT2D eigenvalue weighted by Gasteiger charge is 2.25. The highest BCUT2D eigenvalue weighted by atomic mass is 16.3. The molecule has 584 valence electrons. The molecule has 0 atom stereocenters. The van der Waals surface area contributed by atoms with Gasteiger partial charge in [-0.25, -0.2) is 19.9 Å². The van der Waals surface area contributed by atoms with Crippen LogP contribution >= 0.6 is 0 Å². The van der Waals surface area contributed by atoms with Gasteiger partial charge in [0, 0.05) is 117 Å². The van der Waals surface area contributed by atoms with Crippen LogP contribution in [0.25, 0.3) is 277 Å². The van der Waals surface area contributed by atoms with Crippen LogP contribution in [0, 0.1) is 0 Å². The summed E-state index contributed by atoms with van der Waals surface area (Å²) in [5, 5.41) is 12.9. The summed E-state index contributed by atoms with van der Waals surface area (Å²) in [5.41, 5.74) is 34.1. The van der Waals surface area contributed by atoms with E-state index in [0.29, 0.717) is 44.5 Å². The first-order chi connectivity index (χ1) is 62.4. The summed E-state index contributed by atoms with van der Waals surface area (Å²) in [5.74, 6) is 0. The molecule has 27 aromatic rings. The van der Waals surface area contributed by atoms with Gasteiger partial charge in [0.1, 0.15) is 77.8 Å². The van der Waals surface area contributed by atoms with Gasteiger partial charge in [0.05, 0.1) is 57.2 Å². The number of benzene rings is 16. The van der Waals surface area contributed by atoms with E-state index >= 15 is 0 Å². The predicted octanol–water partition coefficient (Wildman–Crippen LogP) is 29.1. The fourth-order valence-corrected chi connectivity index (χ4v) is 19.4. The number of nitrogens with zero attached hydrogens (tertiary/aromatic N) is 10. The van der Waals surface area contributed by atoms with Crippen LogP contribution in [0.2, 0.25) is 0 Å². The van der Waals surface area contributed by atoms with E-state index in [2.05, 4.69) is 293 Å². The number of aromatic nitrogens is 10. The third-order valence-corrected chi connectivity index (χ3v) is 25.4. The molecule has 0 spiro atoms. The number of rotatable bonds is 11. The van der Waals surface area contributed by atoms with Crippen LogP contribution < -0.4 is 0 Å². The lowest BCUT2D eigenvalue weighted by molar-refractivity contribution is 0.668. The number of furan rings is 4. The average Bonchev–Trinajstić information content (AvgIpc) is 1.33. The smallest absolute Gasteiger partial charge is 0.135 e. The molecule has 0 N–H and O–H groups in total. The van der Waals surface area contributed by atoms with Crippen molar-refractivity contribution in [1.29, 1.82) is 0 Å². The third kappa shape index (κ3) is 10.9. The Morgan fingerprint density at radius 1 is 0.183 bits per heavy atom. The molecule has 0 saturated carbocycles. The molecule has 0 aliphatic carbocycles. The molecule has 0 bridgehead atoms. The summed E-state index contributed by atoms with van der Waals surface area (Å²) >= 11 is 0. The number of fused-ring (bicyclic) bond motifs is 24. The van der Waals surface area contributed by atoms with Crippen molar-refractivity contribution in [2.45, 2.75) is 0 Å². The summed E-state index contributed by atoms with van der Waals surface area (Å²) in [6.45, 7) is 0. The largest absolute Gasteiger partial charge is 0.456 e. The summed E-state index contributed by atoms with van der Waals surface area (Å²) in [6.07, 6.45) is 10.6. The molecule has 14 heteroatoms. The van der Waals surface area contributed by atoms with Crippen molar-refractivity contribution in [2.24, 2.45) is 0 Å². The Balaban J connectivity index is 0.554. The number of para-hydroxylation sites is 3. The van der Waals surface area contributed by atoms with Crippen LogP contribution in [0.4, 0.5) is 0 Å². The molecule has 0 amide bonds. The van der Waals surface area contributed by atoms with Crippen molar-refractivity contribution < 1.29 is 17.7 Å². The van der Waals surface area contributed by atoms with E-state index in [4.69, 9.17) is 52.6 Å². The zero-order chi connectivity index (χ0) is 82.3. The average molecular weight is 1610 g/mol. The maximum atomic E-state index is 6.60. The van der Waals surface area contributed by atoms with Gasteiger partial charge < -0.3 is 26.8 Å². The van der Waals surface area contributed by atoms with Crippen LogP contribution in [-0.4, -0.2) is 49.0 Å². The number of pyridine rings is 2. The van der Waals surface area contributed by atoms with Crippen molar-refractivity contribution >= 4 is 164 Å². The van der Waals surface area contributed by atoms with E-state index in [1.165, 1.54) is 0 Å². The molecule has 14 nitrogen and oxygen atoms in total. The Morgan fingerprint density at radius 2 is 0.524 bits per heavy atom. The topological polar surface area (TPSA) is 166 Å². The molecule has 11 heterocycles. The molecule has 0 aliphatic rings. The Hall–Kier alpha value is -17.4. The van der Waals surface area contributed by atoms with Gasteiger partial charge in [0.2, 0.25) is 0 Å². The van der Waals surface area contributed by atoms with E-state index in [1.807, 2.05) is 79.3 Å². The second kappa shape index (κ2) is 27.1. The van der Waals surface area contributed by atoms with Crippen molar-refractivity contribution in [3.05, 3.63) is 377 Å². The maximum Gasteiger partial charge on any atom is 0.135 e. The van der Waals surface area contributed by atoms with Crippen molar-refractivity contribution in [1.82, 2.24) is 49.0 Å². The number of hydrogen-bond acceptors (Lipinski definition) is 12. The first kappa shape index (κ1) is 69.4. The number of hydrogen-bond donors (Lipinski definition) is 0. The molecule has 11 aromatic heterocycles. The van der Waals surface area contributed by atoms with Gasteiger partial charge >= 0.3 is 0 Å². The predicted molar refractivity (Wildman–Crippen MR) is 508 cm³/mol. The molecule has 126 heavy (non-hydrogen) atoms. The van der Waals surface area contributed by atoms with Gasteiger partial charge in [-0.2, -0.15) is 0 Å². The lowest BCUT2D eigenvalue weighted by Gasteiger charge is -2.12. The Bertz CT molecular complexity index is 9340. The zero-order valence-corrected chi connectivity index (χ0v) is 66.9. The molecule has 16 aromatic carbocycles. The SMILES string of the molecule is c1ccc(-n2c3ccc(-c4ccc5oc6ccccc6c5c4)cc3c3cc(-c4ccc5c(c4)c4cc(-c6ccc7oc8ccccc8c7c6)ccc4n5-c4cccc(-c5cnc6c7nccnc7c7ncc(-c8ccc9oc%10ccc(-c%11cccc(-c%12ccc%13oc%14ccc(-c%15cccnc%15-c%15ccccn%15)cc%14c%13c%12)c%11)cc%10c9c8)nc7c6n5)c4)ccc32)cc1. The first-order valence-corrected chi connectivity index (χ1v) is 42.0. The monoisotopic (exact) mass is 1610 g/mol. The van der Waals surface area contributed by atoms with Gasteiger partial charge in [0.15, 0.2) is 0 Å². The molecule has 0 aliphatic heterocycles. The minimum Gasteiger partial charge on any atom is -0.456 e. The first-order valence-electron chi connectivity index (χ1n) is 42.0. The molecular weight excluding hydrogens is 1550 g/mol. The molecule has 0 saturated heterocycles. The normalized spacial score (nSPS) is 12.1. The summed E-state index contributed by atoms with van der Waals surface area (Å²) in [4.78, 5) is 40.6. The Kier molecular flexibility index (Phi) is 14.9. The van der Waals surface area contributed by atoms with E-state index < -0.39 is 0 Å². The molecule has 0 fully saturated rings. The van der Waals surface area contributed by atoms with E-state index in [1.54, 1.807) is 18.6 Å². The summed E-state index contributed by atoms with van der Waals surface area (Å²) in [7, 11) is 0. The van der Waals surface area contributed by atoms with E-state index in [-0.39, 0.29) is 0 Å². The van der Waals surface area contributed by atoms with Gasteiger partial charge in [-0.15, -0.1) is 0 Å². The Labute approximate surface area is 715 Å². The van der Waals surface area contributed by atoms with Crippen molar-refractivity contribution in [2.75, 3.05) is 0 Å². The highest BCUT2D eigenvalue weighted by molar-refractivity contribution is 6.20. The summed E-state index contributed by atoms with van der Waals surface area (Å²) in [6, 6.07) is 121. The molecule has 0 radical (unpaired) electrons. The van der Waals surface area contributed by atoms with E-state index in [9.17, 15) is 0 Å². The van der Waals surface area contributed by atoms with Crippen LogP contribution in [-0.2, 0) is 0 Å². The Morgan fingerprint density at radius 3 is 1.00 bits per heavy atom. The van der Waals surface area contributed by atoms with Gasteiger partial charge in [-0.3, -0.25) is 19.9 Å². The zero-order valence-electron chi connectivity index (χ0n) is 66.9. The van der Waals surface area contributed by atoms with Crippen LogP contribution in [0.5, 0.6) is 0 Å². The molecule has 27 rings (SSSR count). The second-order valence-electron chi connectivity index (χ2n) is 32.5. The second-order valence-corrected chi connectivity index (χ2v) is 32.5. The van der Waals surface area contributed by atoms with Crippen LogP contribution in [0.15, 0.2) is 395 Å². The van der Waals surface area contributed by atoms with Gasteiger partial charge in [-0.05, 0) is 249 Å². The van der Waals surface area contributed by atoms with Crippen molar-refractivity contribution in [3.63, 3.8) is 0 Å². The molecular formula is C112H62N10O4. The lowest BCUT2D eigenvalue weighted by atomic mass is 9.96. The highest BCUT2D eigenvalue weighted by Crippen LogP contribution is 2.46. The van der Waals surface area contributed by atoms with Gasteiger partial charge in [0.25, 0.3) is 0 Å². The van der Waals surface area contributed by atoms with Crippen molar-refractivity contribution in [3.8, 4) is 112 Å². The minimum absolute atomic E-state index is 0.558. The van der Waals surface area contributed by atoms with Crippen LogP contribution in [0.1, 0.15) is 0 Å². The maximum absolute atomic E-state index is 6.60. The molecule has 0 unspecified atom stereocenters. The van der Waals surface area contributed by atoms with Gasteiger partial charge in [-0.1, -0.05) is 152 Å². The standard InChI is InChI=1S/C112H62N10O4/c1-2-16-76(17-3-1)121-94-35-25-65(51-81(94)82-53-67(26-36-95(82)121)71-31-39-100-85(55-71)79-19-4-6-23-98(79)123-100)66-27-37-96-83(52-66)84-54-68(72-32-40-101-86(56-72)80-20-5-7-24-99(80)124-101)28-38-97(84)122(96)77-18-11-15-74(50-77)92-61-117-109-107-108(116-48-47-115-107)110-112(111(109)119-92)120-93(62-118-110)75-34-44-105-90(60-75)88-58-70(30-42-103(88)126-105)64-14-10-13-63(49-64)69-29-41-102-87(57-69)89-59-73(33-43-104(89)125-102)78-21-12-46-114-106(78)91-22-8-9-45-113-91/h1-62H. The fraction of sp³-hybridized carbons (Fsp3) is 0. The quantitative estimate of drug-likeness (QED) is 0.113. The summed E-state index contributed by atoms with van der Waals surface area (Å²) < 4.78 is 30.5. The minimum atomic E-state index is 0.558. The van der Waals surface area contributed by atoms with E-state index in [0.717, 1.165) is 232 Å². The lowest BCUT2D eigenvalue weighted by Crippen LogP contribution is -1.99. The fourth-order valence-electron chi connectivity index (χ4n) is 19.4. The third-order valence-electron chi connectivity index (χ3n) is 25.4.